The number of likely N-dealkylation sites (tertiary alicyclic amines) is 1. The summed E-state index contributed by atoms with van der Waals surface area (Å²) in [5.41, 5.74) is 1.40. The van der Waals surface area contributed by atoms with Crippen molar-refractivity contribution in [2.75, 3.05) is 124 Å². The number of hydrogen-bond acceptors (Lipinski definition) is 13. The maximum absolute atomic E-state index is 13.7. The Morgan fingerprint density at radius 1 is 0.708 bits per heavy atom. The second-order valence-electron chi connectivity index (χ2n) is 19.2. The van der Waals surface area contributed by atoms with Crippen LogP contribution in [0.25, 0.3) is 15.7 Å². The van der Waals surface area contributed by atoms with Crippen LogP contribution >= 0.6 is 0 Å². The molecule has 2 bridgehead atoms. The van der Waals surface area contributed by atoms with Gasteiger partial charge in [0.25, 0.3) is 5.91 Å². The summed E-state index contributed by atoms with van der Waals surface area (Å²) in [5, 5.41) is 31.9. The predicted octanol–water partition coefficient (Wildman–Crippen LogP) is -0.000510. The second-order valence-corrected chi connectivity index (χ2v) is 19.2. The highest BCUT2D eigenvalue weighted by molar-refractivity contribution is 6.07. The lowest BCUT2D eigenvalue weighted by Crippen LogP contribution is -2.68. The number of nitrogens with zero attached hydrogens (tertiary/aromatic N) is 9. The van der Waals surface area contributed by atoms with Gasteiger partial charge in [0.15, 0.2) is 0 Å². The number of benzene rings is 1. The van der Waals surface area contributed by atoms with Gasteiger partial charge in [0.1, 0.15) is 5.75 Å². The van der Waals surface area contributed by atoms with Crippen LogP contribution in [0.3, 0.4) is 0 Å². The molecule has 1 aromatic heterocycles. The molecule has 0 radical (unpaired) electrons. The molecule has 7 fully saturated rings. The van der Waals surface area contributed by atoms with Gasteiger partial charge in [0, 0.05) is 115 Å². The number of piperidine rings is 1. The summed E-state index contributed by atoms with van der Waals surface area (Å²) < 4.78 is 6.35. The smallest absolute Gasteiger partial charge is 0.317 e. The van der Waals surface area contributed by atoms with Crippen LogP contribution in [-0.4, -0.2) is 227 Å². The summed E-state index contributed by atoms with van der Waals surface area (Å²) in [6.07, 6.45) is 5.96. The van der Waals surface area contributed by atoms with E-state index in [1.165, 1.54) is 0 Å². The Morgan fingerprint density at radius 3 is 1.82 bits per heavy atom. The van der Waals surface area contributed by atoms with E-state index in [-0.39, 0.29) is 67.3 Å². The van der Waals surface area contributed by atoms with Gasteiger partial charge < -0.3 is 30.3 Å². The van der Waals surface area contributed by atoms with E-state index >= 15 is 0 Å². The van der Waals surface area contributed by atoms with E-state index in [1.54, 1.807) is 31.9 Å². The van der Waals surface area contributed by atoms with E-state index < -0.39 is 24.1 Å². The van der Waals surface area contributed by atoms with Crippen LogP contribution in [-0.2, 0) is 24.0 Å². The van der Waals surface area contributed by atoms with Crippen LogP contribution < -0.4 is 10.1 Å². The first-order valence-corrected chi connectivity index (χ1v) is 22.7. The summed E-state index contributed by atoms with van der Waals surface area (Å²) in [7, 11) is 0. The largest absolute Gasteiger partial charge is 0.493 e. The van der Waals surface area contributed by atoms with Gasteiger partial charge in [-0.25, -0.2) is 6.57 Å². The summed E-state index contributed by atoms with van der Waals surface area (Å²) in [6, 6.07) is 7.31. The number of carbonyl (C=O) groups is 6. The normalized spacial score (nSPS) is 27.8. The van der Waals surface area contributed by atoms with Gasteiger partial charge in [0.05, 0.1) is 50.4 Å². The van der Waals surface area contributed by atoms with Gasteiger partial charge in [0.2, 0.25) is 11.8 Å². The third kappa shape index (κ3) is 11.2. The Kier molecular flexibility index (Phi) is 13.9. The third-order valence-corrected chi connectivity index (χ3v) is 14.3. The lowest BCUT2D eigenvalue weighted by atomic mass is 9.35. The van der Waals surface area contributed by atoms with Crippen molar-refractivity contribution in [1.82, 2.24) is 44.6 Å². The van der Waals surface area contributed by atoms with Crippen molar-refractivity contribution in [3.05, 3.63) is 47.4 Å². The first-order valence-electron chi connectivity index (χ1n) is 22.7. The number of amides is 3. The molecule has 3 atom stereocenters. The molecule has 350 valence electrons. The second kappa shape index (κ2) is 19.6. The molecule has 0 spiro atoms. The van der Waals surface area contributed by atoms with E-state index in [0.717, 1.165) is 45.3 Å². The molecule has 3 saturated heterocycles. The molecular formula is C45H60N10O10. The Bertz CT molecular complexity index is 2140. The average Bonchev–Trinajstić information content (AvgIpc) is 3.91. The van der Waals surface area contributed by atoms with Crippen molar-refractivity contribution in [3.63, 3.8) is 0 Å². The van der Waals surface area contributed by atoms with E-state index in [1.807, 2.05) is 28.0 Å². The molecule has 9 rings (SSSR count). The summed E-state index contributed by atoms with van der Waals surface area (Å²) in [4.78, 5) is 96.0. The van der Waals surface area contributed by atoms with Crippen LogP contribution in [0.2, 0.25) is 0 Å². The van der Waals surface area contributed by atoms with Crippen molar-refractivity contribution in [2.45, 2.75) is 44.3 Å². The minimum atomic E-state index is -1.01. The fourth-order valence-electron chi connectivity index (χ4n) is 11.1. The van der Waals surface area contributed by atoms with Crippen LogP contribution in [0.4, 0.5) is 0 Å². The van der Waals surface area contributed by atoms with Crippen molar-refractivity contribution in [1.29, 1.82) is 0 Å². The lowest BCUT2D eigenvalue weighted by molar-refractivity contribution is -0.228. The zero-order chi connectivity index (χ0) is 45.9. The average molecular weight is 901 g/mol. The first kappa shape index (κ1) is 46.1. The van der Waals surface area contributed by atoms with Crippen molar-refractivity contribution in [2.24, 2.45) is 16.7 Å². The van der Waals surface area contributed by atoms with Crippen molar-refractivity contribution < 1.29 is 48.8 Å². The summed E-state index contributed by atoms with van der Waals surface area (Å²) >= 11 is 0. The molecule has 1 aromatic carbocycles. The molecule has 3 aliphatic heterocycles. The molecule has 4 heterocycles. The van der Waals surface area contributed by atoms with Gasteiger partial charge in [-0.3, -0.25) is 68.0 Å². The maximum Gasteiger partial charge on any atom is 0.317 e. The number of ether oxygens (including phenoxy) is 1. The molecule has 3 amide bonds. The number of pyridine rings is 1. The molecule has 0 unspecified atom stereocenters. The van der Waals surface area contributed by atoms with Gasteiger partial charge in [-0.1, -0.05) is 0 Å². The van der Waals surface area contributed by atoms with E-state index in [9.17, 15) is 44.1 Å². The van der Waals surface area contributed by atoms with Crippen LogP contribution in [0, 0.1) is 23.3 Å². The quantitative estimate of drug-likeness (QED) is 0.163. The van der Waals surface area contributed by atoms with E-state index in [4.69, 9.17) is 11.3 Å². The van der Waals surface area contributed by atoms with Gasteiger partial charge >= 0.3 is 24.1 Å². The zero-order valence-electron chi connectivity index (χ0n) is 36.8. The third-order valence-electron chi connectivity index (χ3n) is 14.3. The Hall–Kier alpha value is -5.46. The Morgan fingerprint density at radius 2 is 1.26 bits per heavy atom. The molecule has 2 aromatic rings. The molecule has 65 heavy (non-hydrogen) atoms. The highest BCUT2D eigenvalue weighted by atomic mass is 16.5. The highest BCUT2D eigenvalue weighted by Gasteiger charge is 2.68. The van der Waals surface area contributed by atoms with Crippen molar-refractivity contribution >= 4 is 46.5 Å². The SMILES string of the molecule is [C-]#[N+][C@@H]1C[C@@H]2C[C@@H]2N1C(=O)CNC(=O)c1ccnc2ccc(OCC34CC(CN5CCN(C(=O)CN6CCN(CC(=O)O)CCN(CC(=O)O)CCN(CC(=O)O)CC6)CC5)(C3)C4)cc12. The number of piperazine rings is 1. The summed E-state index contributed by atoms with van der Waals surface area (Å²) in [6.45, 7) is 13.8. The number of carboxylic acids is 3. The van der Waals surface area contributed by atoms with Gasteiger partial charge in [-0.2, -0.15) is 0 Å². The molecule has 4 aliphatic carbocycles. The number of nitrogens with one attached hydrogen (secondary N) is 1. The highest BCUT2D eigenvalue weighted by Crippen LogP contribution is 2.73. The van der Waals surface area contributed by atoms with Crippen LogP contribution in [0.15, 0.2) is 30.5 Å². The molecule has 4 N–H and O–H groups in total. The number of aromatic nitrogens is 1. The van der Waals surface area contributed by atoms with Gasteiger partial charge in [-0.05, 0) is 61.3 Å². The zero-order valence-corrected chi connectivity index (χ0v) is 36.8. The van der Waals surface area contributed by atoms with E-state index in [0.29, 0.717) is 107 Å². The Balaban J connectivity index is 0.783. The minimum Gasteiger partial charge on any atom is -0.493 e. The molecular weight excluding hydrogens is 841 g/mol. The number of hydrogen-bond donors (Lipinski definition) is 4. The summed E-state index contributed by atoms with van der Waals surface area (Å²) in [5.74, 6) is -2.56. The maximum atomic E-state index is 13.7. The monoisotopic (exact) mass is 900 g/mol. The topological polar surface area (TPSA) is 224 Å². The number of carboxylic acid groups (broad SMARTS) is 3. The van der Waals surface area contributed by atoms with Crippen LogP contribution in [0.1, 0.15) is 42.5 Å². The standard InChI is InChI=1S/C45H60N10O10/c1-46-37-19-31-18-36(31)55(37)38(56)21-48-43(64)33-4-5-47-35-3-2-32(20-34(33)35)65-30-45-26-44(27-45,28-45)29-53-14-16-54(17-15-53)39(57)22-49-6-8-50(23-40(58)59)10-12-52(25-42(62)63)13-11-51(9-7-49)24-41(60)61/h2-5,20,31,36-37H,6-19,21-30H2,(H,48,64)(H,58,59)(H,60,61)(H,62,63)/t31-,36-,37-,44?,45?/m0/s1. The van der Waals surface area contributed by atoms with Crippen molar-refractivity contribution in [3.8, 4) is 5.75 Å². The first-order chi connectivity index (χ1) is 31.2. The molecule has 7 aliphatic rings. The van der Waals surface area contributed by atoms with Crippen LogP contribution in [0.5, 0.6) is 5.75 Å². The molecule has 20 nitrogen and oxygen atoms in total. The molecule has 4 saturated carbocycles. The number of rotatable bonds is 16. The Labute approximate surface area is 377 Å². The number of fused-ring (bicyclic) bond motifs is 2. The lowest BCUT2D eigenvalue weighted by Gasteiger charge is -2.71. The fraction of sp³-hybridized carbons (Fsp3) is 0.644. The minimum absolute atomic E-state index is 0.0165. The molecule has 20 heteroatoms. The van der Waals surface area contributed by atoms with E-state index in [2.05, 4.69) is 20.0 Å². The van der Waals surface area contributed by atoms with Gasteiger partial charge in [-0.15, -0.1) is 0 Å². The number of carbonyl (C=O) groups excluding carboxylic acids is 3. The number of aliphatic carboxylic acids is 3. The predicted molar refractivity (Wildman–Crippen MR) is 234 cm³/mol. The fourth-order valence-corrected chi connectivity index (χ4v) is 11.1.